The largest absolute Gasteiger partial charge is 0.496 e. The number of hydrogen-bond donors (Lipinski definition) is 1. The minimum absolute atomic E-state index is 0.0607. The predicted octanol–water partition coefficient (Wildman–Crippen LogP) is 6.85. The molecule has 0 aliphatic carbocycles. The van der Waals surface area contributed by atoms with Gasteiger partial charge < -0.3 is 25.0 Å². The molecule has 0 atom stereocenters. The molecule has 1 amide bonds. The minimum Gasteiger partial charge on any atom is -0.496 e. The minimum atomic E-state index is -0.0607. The highest BCUT2D eigenvalue weighted by Crippen LogP contribution is 2.31. The number of carbonyl (C=O) groups is 1. The number of amides is 1. The van der Waals surface area contributed by atoms with Gasteiger partial charge in [-0.05, 0) is 112 Å². The van der Waals surface area contributed by atoms with Gasteiger partial charge in [-0.2, -0.15) is 0 Å². The van der Waals surface area contributed by atoms with E-state index in [1.165, 1.54) is 24.0 Å². The molecule has 3 aromatic carbocycles. The zero-order valence-electron chi connectivity index (χ0n) is 23.9. The summed E-state index contributed by atoms with van der Waals surface area (Å²) in [6.45, 7) is 12.3. The van der Waals surface area contributed by atoms with Crippen molar-refractivity contribution in [1.82, 2.24) is 9.80 Å². The number of nitrogens with zero attached hydrogens (tertiary/aromatic N) is 2. The Morgan fingerprint density at radius 3 is 2.38 bits per heavy atom. The summed E-state index contributed by atoms with van der Waals surface area (Å²) in [6, 6.07) is 17.4. The molecule has 0 bridgehead atoms. The van der Waals surface area contributed by atoms with E-state index in [0.717, 1.165) is 47.8 Å². The van der Waals surface area contributed by atoms with Crippen molar-refractivity contribution in [2.24, 2.45) is 0 Å². The van der Waals surface area contributed by atoms with Crippen molar-refractivity contribution in [3.63, 3.8) is 0 Å². The number of ether oxygens (including phenoxy) is 2. The zero-order chi connectivity index (χ0) is 27.9. The van der Waals surface area contributed by atoms with E-state index in [2.05, 4.69) is 37.0 Å². The van der Waals surface area contributed by atoms with Gasteiger partial charge in [-0.25, -0.2) is 0 Å². The average molecular weight is 528 g/mol. The highest BCUT2D eigenvalue weighted by atomic mass is 16.5. The van der Waals surface area contributed by atoms with Gasteiger partial charge in [-0.15, -0.1) is 0 Å². The number of aryl methyl sites for hydroxylation is 2. The van der Waals surface area contributed by atoms with Crippen molar-refractivity contribution < 1.29 is 14.3 Å². The average Bonchev–Trinajstić information content (AvgIpc) is 3.47. The maximum atomic E-state index is 13.8. The molecule has 0 saturated carbocycles. The molecular weight excluding hydrogens is 486 g/mol. The Labute approximate surface area is 233 Å². The first-order valence-electron chi connectivity index (χ1n) is 13.8. The van der Waals surface area contributed by atoms with Gasteiger partial charge in [-0.3, -0.25) is 4.79 Å². The van der Waals surface area contributed by atoms with Crippen LogP contribution in [0, 0.1) is 13.8 Å². The summed E-state index contributed by atoms with van der Waals surface area (Å²) in [5.74, 6) is 1.98. The fourth-order valence-electron chi connectivity index (χ4n) is 4.87. The Balaban J connectivity index is 1.57. The van der Waals surface area contributed by atoms with Crippen LogP contribution in [0.15, 0.2) is 60.7 Å². The second kappa shape index (κ2) is 12.9. The van der Waals surface area contributed by atoms with Crippen LogP contribution in [0.4, 0.5) is 5.69 Å². The lowest BCUT2D eigenvalue weighted by molar-refractivity contribution is 0.0726. The van der Waals surface area contributed by atoms with Gasteiger partial charge >= 0.3 is 0 Å². The summed E-state index contributed by atoms with van der Waals surface area (Å²) < 4.78 is 11.8. The lowest BCUT2D eigenvalue weighted by Crippen LogP contribution is -2.37. The molecule has 39 heavy (non-hydrogen) atoms. The van der Waals surface area contributed by atoms with E-state index < -0.39 is 0 Å². The number of allylic oxidation sites excluding steroid dienone is 2. The van der Waals surface area contributed by atoms with Gasteiger partial charge in [0.05, 0.1) is 12.8 Å². The Kier molecular flexibility index (Phi) is 9.31. The highest BCUT2D eigenvalue weighted by molar-refractivity contribution is 5.95. The molecule has 1 aliphatic heterocycles. The van der Waals surface area contributed by atoms with E-state index in [-0.39, 0.29) is 5.91 Å². The number of benzene rings is 3. The number of likely N-dealkylation sites (tertiary alicyclic amines) is 1. The third-order valence-corrected chi connectivity index (χ3v) is 7.67. The van der Waals surface area contributed by atoms with Crippen molar-refractivity contribution in [3.8, 4) is 17.2 Å². The lowest BCUT2D eigenvalue weighted by Gasteiger charge is -2.27. The summed E-state index contributed by atoms with van der Waals surface area (Å²) in [7, 11) is 1.68. The van der Waals surface area contributed by atoms with Crippen molar-refractivity contribution >= 4 is 17.2 Å². The molecule has 0 unspecified atom stereocenters. The van der Waals surface area contributed by atoms with Gasteiger partial charge in [0.15, 0.2) is 0 Å². The molecule has 0 spiro atoms. The number of anilines is 1. The van der Waals surface area contributed by atoms with E-state index >= 15 is 0 Å². The first kappa shape index (κ1) is 28.2. The summed E-state index contributed by atoms with van der Waals surface area (Å²) in [5.41, 5.74) is 13.0. The Morgan fingerprint density at radius 1 is 0.974 bits per heavy atom. The first-order valence-corrected chi connectivity index (χ1v) is 13.8. The van der Waals surface area contributed by atoms with E-state index in [1.807, 2.05) is 43.0 Å². The summed E-state index contributed by atoms with van der Waals surface area (Å²) in [5, 5.41) is 0. The quantitative estimate of drug-likeness (QED) is 0.292. The monoisotopic (exact) mass is 527 g/mol. The topological polar surface area (TPSA) is 68.0 Å². The number of rotatable bonds is 10. The van der Waals surface area contributed by atoms with Gasteiger partial charge in [0, 0.05) is 30.8 Å². The van der Waals surface area contributed by atoms with Crippen molar-refractivity contribution in [1.29, 1.82) is 0 Å². The molecule has 1 heterocycles. The molecule has 1 saturated heterocycles. The van der Waals surface area contributed by atoms with E-state index in [1.54, 1.807) is 25.3 Å². The SMILES string of the molecule is C/C=C(\C)c1ccc(CN(CCN2CCCC2)C(=O)c2ccc(Oc3ccc(C)c(C)c3)c(N)c2)c(OC)c1. The van der Waals surface area contributed by atoms with Crippen LogP contribution in [-0.4, -0.2) is 49.0 Å². The number of nitrogens with two attached hydrogens (primary N) is 1. The standard InChI is InChI=1S/C33H41N3O3/c1-6-23(2)26-10-11-28(32(21-26)38-5)22-36(18-17-35-15-7-8-16-35)33(37)27-12-14-31(30(34)20-27)39-29-13-9-24(3)25(4)19-29/h6,9-14,19-21H,7-8,15-18,22,34H2,1-5H3/b23-6+. The van der Waals surface area contributed by atoms with E-state index in [9.17, 15) is 4.79 Å². The van der Waals surface area contributed by atoms with Crippen LogP contribution in [0.25, 0.3) is 5.57 Å². The van der Waals surface area contributed by atoms with Crippen molar-refractivity contribution in [2.45, 2.75) is 47.1 Å². The molecule has 6 nitrogen and oxygen atoms in total. The number of hydrogen-bond acceptors (Lipinski definition) is 5. The summed E-state index contributed by atoms with van der Waals surface area (Å²) in [6.07, 6.45) is 4.51. The predicted molar refractivity (Wildman–Crippen MR) is 160 cm³/mol. The summed E-state index contributed by atoms with van der Waals surface area (Å²) in [4.78, 5) is 18.2. The van der Waals surface area contributed by atoms with Crippen LogP contribution >= 0.6 is 0 Å². The number of carbonyl (C=O) groups excluding carboxylic acids is 1. The molecule has 2 N–H and O–H groups in total. The third-order valence-electron chi connectivity index (χ3n) is 7.67. The smallest absolute Gasteiger partial charge is 0.254 e. The molecule has 4 rings (SSSR count). The van der Waals surface area contributed by atoms with Crippen LogP contribution in [0.5, 0.6) is 17.2 Å². The Hall–Kier alpha value is -3.77. The molecule has 3 aromatic rings. The van der Waals surface area contributed by atoms with E-state index in [0.29, 0.717) is 30.1 Å². The number of methoxy groups -OCH3 is 1. The number of nitrogen functional groups attached to an aromatic ring is 1. The Bertz CT molecular complexity index is 1340. The van der Waals surface area contributed by atoms with Crippen LogP contribution < -0.4 is 15.2 Å². The molecule has 6 heteroatoms. The summed E-state index contributed by atoms with van der Waals surface area (Å²) >= 11 is 0. The zero-order valence-corrected chi connectivity index (χ0v) is 23.9. The lowest BCUT2D eigenvalue weighted by atomic mass is 10.0. The van der Waals surface area contributed by atoms with Gasteiger partial charge in [-0.1, -0.05) is 24.3 Å². The molecule has 0 radical (unpaired) electrons. The van der Waals surface area contributed by atoms with Crippen LogP contribution in [0.1, 0.15) is 59.3 Å². The molecule has 1 aliphatic rings. The first-order chi connectivity index (χ1) is 18.8. The molecule has 1 fully saturated rings. The second-order valence-electron chi connectivity index (χ2n) is 10.4. The fraction of sp³-hybridized carbons (Fsp3) is 0.364. The third kappa shape index (κ3) is 7.01. The van der Waals surface area contributed by atoms with Crippen molar-refractivity contribution in [3.05, 3.63) is 88.5 Å². The normalized spacial score (nSPS) is 13.9. The second-order valence-corrected chi connectivity index (χ2v) is 10.4. The van der Waals surface area contributed by atoms with E-state index in [4.69, 9.17) is 15.2 Å². The molecular formula is C33H41N3O3. The Morgan fingerprint density at radius 2 is 1.72 bits per heavy atom. The fourth-order valence-corrected chi connectivity index (χ4v) is 4.87. The van der Waals surface area contributed by atoms with Gasteiger partial charge in [0.1, 0.15) is 17.2 Å². The molecule has 206 valence electrons. The van der Waals surface area contributed by atoms with Crippen LogP contribution in [0.3, 0.4) is 0 Å². The van der Waals surface area contributed by atoms with Crippen LogP contribution in [0.2, 0.25) is 0 Å². The molecule has 0 aromatic heterocycles. The highest BCUT2D eigenvalue weighted by Gasteiger charge is 2.21. The maximum absolute atomic E-state index is 13.8. The van der Waals surface area contributed by atoms with Gasteiger partial charge in [0.2, 0.25) is 0 Å². The maximum Gasteiger partial charge on any atom is 0.254 e. The van der Waals surface area contributed by atoms with Crippen molar-refractivity contribution in [2.75, 3.05) is 39.0 Å². The van der Waals surface area contributed by atoms with Crippen LogP contribution in [-0.2, 0) is 6.54 Å². The van der Waals surface area contributed by atoms with Gasteiger partial charge in [0.25, 0.3) is 5.91 Å².